The van der Waals surface area contributed by atoms with Crippen molar-refractivity contribution in [2.75, 3.05) is 7.11 Å². The number of amides is 1. The molecule has 0 aliphatic carbocycles. The van der Waals surface area contributed by atoms with Gasteiger partial charge in [0.05, 0.1) is 18.4 Å². The third-order valence-corrected chi connectivity index (χ3v) is 4.76. The Kier molecular flexibility index (Phi) is 6.34. The summed E-state index contributed by atoms with van der Waals surface area (Å²) in [5, 5.41) is 7.98. The normalized spacial score (nSPS) is 11.9. The Morgan fingerprint density at radius 2 is 1.72 bits per heavy atom. The Balaban J connectivity index is 2.03. The highest BCUT2D eigenvalue weighted by atomic mass is 35.5. The van der Waals surface area contributed by atoms with Gasteiger partial charge in [0.1, 0.15) is 11.7 Å². The van der Waals surface area contributed by atoms with Crippen LogP contribution in [0.5, 0.6) is 0 Å². The summed E-state index contributed by atoms with van der Waals surface area (Å²) in [6.07, 6.45) is 1.66. The molecule has 0 unspecified atom stereocenters. The predicted octanol–water partition coefficient (Wildman–Crippen LogP) is 4.12. The van der Waals surface area contributed by atoms with Crippen LogP contribution in [0.4, 0.5) is 0 Å². The number of esters is 1. The molecule has 0 radical (unpaired) electrons. The number of nitrogens with zero attached hydrogens (tertiary/aromatic N) is 2. The van der Waals surface area contributed by atoms with Crippen LogP contribution in [-0.4, -0.2) is 34.8 Å². The summed E-state index contributed by atoms with van der Waals surface area (Å²) >= 11 is 6.00. The van der Waals surface area contributed by atoms with Gasteiger partial charge in [-0.3, -0.25) is 4.79 Å². The number of nitrogens with one attached hydrogen (secondary N) is 1. The van der Waals surface area contributed by atoms with Crippen molar-refractivity contribution in [3.63, 3.8) is 0 Å². The zero-order chi connectivity index (χ0) is 21.0. The molecule has 29 heavy (non-hydrogen) atoms. The van der Waals surface area contributed by atoms with E-state index in [9.17, 15) is 9.59 Å². The van der Waals surface area contributed by atoms with Gasteiger partial charge >= 0.3 is 5.97 Å². The van der Waals surface area contributed by atoms with Crippen LogP contribution in [0.1, 0.15) is 24.2 Å². The van der Waals surface area contributed by atoms with Crippen molar-refractivity contribution >= 4 is 23.5 Å². The minimum atomic E-state index is -0.759. The van der Waals surface area contributed by atoms with E-state index in [-0.39, 0.29) is 5.92 Å². The molecule has 1 heterocycles. The summed E-state index contributed by atoms with van der Waals surface area (Å²) in [6.45, 7) is 3.69. The quantitative estimate of drug-likeness (QED) is 0.619. The van der Waals surface area contributed by atoms with Crippen molar-refractivity contribution in [2.24, 2.45) is 5.92 Å². The van der Waals surface area contributed by atoms with Crippen LogP contribution in [0.3, 0.4) is 0 Å². The lowest BCUT2D eigenvalue weighted by atomic mass is 10.0. The van der Waals surface area contributed by atoms with E-state index in [0.717, 1.165) is 11.3 Å². The van der Waals surface area contributed by atoms with Gasteiger partial charge in [0, 0.05) is 16.8 Å². The minimum Gasteiger partial charge on any atom is -0.467 e. The molecule has 1 atom stereocenters. The predicted molar refractivity (Wildman–Crippen MR) is 112 cm³/mol. The molecule has 0 saturated carbocycles. The zero-order valence-electron chi connectivity index (χ0n) is 16.4. The second kappa shape index (κ2) is 8.92. The van der Waals surface area contributed by atoms with Crippen LogP contribution in [0.25, 0.3) is 16.9 Å². The minimum absolute atomic E-state index is 0.130. The summed E-state index contributed by atoms with van der Waals surface area (Å²) in [5.41, 5.74) is 2.41. The summed E-state index contributed by atoms with van der Waals surface area (Å²) in [7, 11) is 1.30. The molecule has 3 aromatic rings. The molecule has 1 N–H and O–H groups in total. The number of methoxy groups -OCH3 is 1. The molecule has 0 aliphatic rings. The smallest absolute Gasteiger partial charge is 0.328 e. The van der Waals surface area contributed by atoms with E-state index in [2.05, 4.69) is 10.4 Å². The van der Waals surface area contributed by atoms with Gasteiger partial charge in [-0.2, -0.15) is 5.10 Å². The zero-order valence-corrected chi connectivity index (χ0v) is 17.2. The van der Waals surface area contributed by atoms with Gasteiger partial charge in [0.25, 0.3) is 5.91 Å². The van der Waals surface area contributed by atoms with Crippen molar-refractivity contribution in [2.45, 2.75) is 19.9 Å². The Hall–Kier alpha value is -3.12. The van der Waals surface area contributed by atoms with Gasteiger partial charge in [-0.15, -0.1) is 0 Å². The van der Waals surface area contributed by atoms with Gasteiger partial charge in [-0.25, -0.2) is 9.48 Å². The number of aromatic nitrogens is 2. The summed E-state index contributed by atoms with van der Waals surface area (Å²) in [4.78, 5) is 25.2. The molecule has 0 spiro atoms. The number of hydrogen-bond acceptors (Lipinski definition) is 4. The fourth-order valence-electron chi connectivity index (χ4n) is 2.92. The van der Waals surface area contributed by atoms with Crippen LogP contribution < -0.4 is 5.32 Å². The summed E-state index contributed by atoms with van der Waals surface area (Å²) in [6, 6.07) is 15.8. The van der Waals surface area contributed by atoms with Crippen LogP contribution in [0, 0.1) is 5.92 Å². The lowest BCUT2D eigenvalue weighted by molar-refractivity contribution is -0.144. The Morgan fingerprint density at radius 1 is 1.07 bits per heavy atom. The molecule has 6 nitrogen and oxygen atoms in total. The Morgan fingerprint density at radius 3 is 2.31 bits per heavy atom. The summed E-state index contributed by atoms with van der Waals surface area (Å²) in [5.74, 6) is -1.02. The van der Waals surface area contributed by atoms with Crippen LogP contribution in [0.15, 0.2) is 60.8 Å². The molecule has 0 bridgehead atoms. The molecular weight excluding hydrogens is 390 g/mol. The molecule has 1 aromatic heterocycles. The molecule has 2 aromatic carbocycles. The third-order valence-electron chi connectivity index (χ3n) is 4.51. The maximum atomic E-state index is 13.1. The van der Waals surface area contributed by atoms with E-state index in [0.29, 0.717) is 16.3 Å². The molecular formula is C22H22ClN3O3. The average molecular weight is 412 g/mol. The van der Waals surface area contributed by atoms with Crippen molar-refractivity contribution in [3.8, 4) is 16.9 Å². The first kappa shape index (κ1) is 20.6. The maximum absolute atomic E-state index is 13.1. The van der Waals surface area contributed by atoms with Gasteiger partial charge in [0.2, 0.25) is 0 Å². The fraction of sp³-hybridized carbons (Fsp3) is 0.227. The summed E-state index contributed by atoms with van der Waals surface area (Å²) < 4.78 is 6.46. The van der Waals surface area contributed by atoms with Crippen molar-refractivity contribution < 1.29 is 14.3 Å². The topological polar surface area (TPSA) is 73.2 Å². The molecule has 7 heteroatoms. The Labute approximate surface area is 174 Å². The molecule has 0 fully saturated rings. The third kappa shape index (κ3) is 4.66. The second-order valence-corrected chi connectivity index (χ2v) is 7.33. The highest BCUT2D eigenvalue weighted by Crippen LogP contribution is 2.25. The second-order valence-electron chi connectivity index (χ2n) is 6.90. The van der Waals surface area contributed by atoms with E-state index in [1.807, 2.05) is 44.2 Å². The van der Waals surface area contributed by atoms with Gasteiger partial charge in [-0.05, 0) is 30.2 Å². The number of benzene rings is 2. The number of carbonyl (C=O) groups is 2. The highest BCUT2D eigenvalue weighted by Gasteiger charge is 2.27. The van der Waals surface area contributed by atoms with Crippen molar-refractivity contribution in [1.82, 2.24) is 15.1 Å². The van der Waals surface area contributed by atoms with Crippen LogP contribution >= 0.6 is 11.6 Å². The van der Waals surface area contributed by atoms with Crippen molar-refractivity contribution in [3.05, 3.63) is 71.4 Å². The first-order chi connectivity index (χ1) is 13.9. The SMILES string of the molecule is COC(=O)[C@H](NC(=O)c1cn(-c2ccccc2)nc1-c1ccc(Cl)cc1)C(C)C. The lowest BCUT2D eigenvalue weighted by Crippen LogP contribution is -2.45. The fourth-order valence-corrected chi connectivity index (χ4v) is 3.04. The molecule has 1 amide bonds. The number of ether oxygens (including phenoxy) is 1. The number of rotatable bonds is 6. The lowest BCUT2D eigenvalue weighted by Gasteiger charge is -2.19. The monoisotopic (exact) mass is 411 g/mol. The average Bonchev–Trinajstić information content (AvgIpc) is 3.18. The number of carbonyl (C=O) groups excluding carboxylic acids is 2. The molecule has 0 saturated heterocycles. The number of hydrogen-bond donors (Lipinski definition) is 1. The number of para-hydroxylation sites is 1. The van der Waals surface area contributed by atoms with E-state index in [1.165, 1.54) is 7.11 Å². The molecule has 0 aliphatic heterocycles. The molecule has 150 valence electrons. The molecule has 3 rings (SSSR count). The largest absolute Gasteiger partial charge is 0.467 e. The van der Waals surface area contributed by atoms with E-state index < -0.39 is 17.9 Å². The van der Waals surface area contributed by atoms with Gasteiger partial charge in [-0.1, -0.05) is 55.8 Å². The highest BCUT2D eigenvalue weighted by molar-refractivity contribution is 6.30. The van der Waals surface area contributed by atoms with Gasteiger partial charge in [0.15, 0.2) is 0 Å². The first-order valence-electron chi connectivity index (χ1n) is 9.20. The van der Waals surface area contributed by atoms with E-state index >= 15 is 0 Å². The van der Waals surface area contributed by atoms with Gasteiger partial charge < -0.3 is 10.1 Å². The van der Waals surface area contributed by atoms with Crippen LogP contribution in [0.2, 0.25) is 5.02 Å². The standard InChI is InChI=1S/C22H22ClN3O3/c1-14(2)19(22(28)29-3)24-21(27)18-13-26(17-7-5-4-6-8-17)25-20(18)15-9-11-16(23)12-10-15/h4-14,19H,1-3H3,(H,24,27)/t19-/m1/s1. The van der Waals surface area contributed by atoms with Crippen LogP contribution in [-0.2, 0) is 9.53 Å². The van der Waals surface area contributed by atoms with E-state index in [1.54, 1.807) is 35.1 Å². The number of halogens is 1. The van der Waals surface area contributed by atoms with Crippen molar-refractivity contribution in [1.29, 1.82) is 0 Å². The maximum Gasteiger partial charge on any atom is 0.328 e. The van der Waals surface area contributed by atoms with E-state index in [4.69, 9.17) is 16.3 Å². The Bertz CT molecular complexity index is 998. The first-order valence-corrected chi connectivity index (χ1v) is 9.58.